The fourth-order valence-electron chi connectivity index (χ4n) is 1.44. The number of rotatable bonds is 4. The van der Waals surface area contributed by atoms with Crippen molar-refractivity contribution in [1.29, 1.82) is 0 Å². The number of anilines is 1. The van der Waals surface area contributed by atoms with Gasteiger partial charge < -0.3 is 10.1 Å². The normalized spacial score (nSPS) is 12.9. The van der Waals surface area contributed by atoms with E-state index in [0.717, 1.165) is 10.6 Å². The van der Waals surface area contributed by atoms with Crippen LogP contribution in [0.15, 0.2) is 24.3 Å². The summed E-state index contributed by atoms with van der Waals surface area (Å²) in [7, 11) is 1.70. The summed E-state index contributed by atoms with van der Waals surface area (Å²) in [5, 5.41) is 4.27. The van der Waals surface area contributed by atoms with Gasteiger partial charge in [0.05, 0.1) is 16.8 Å². The highest BCUT2D eigenvalue weighted by molar-refractivity contribution is 7.22. The van der Waals surface area contributed by atoms with Crippen LogP contribution in [0, 0.1) is 0 Å². The summed E-state index contributed by atoms with van der Waals surface area (Å²) in [4.78, 5) is 4.49. The Morgan fingerprint density at radius 3 is 3.00 bits per heavy atom. The third kappa shape index (κ3) is 2.46. The summed E-state index contributed by atoms with van der Waals surface area (Å²) in [6.45, 7) is 2.77. The van der Waals surface area contributed by atoms with Gasteiger partial charge in [-0.1, -0.05) is 23.5 Å². The first-order chi connectivity index (χ1) is 7.29. The first-order valence-electron chi connectivity index (χ1n) is 4.90. The number of nitrogens with one attached hydrogen (secondary N) is 1. The minimum Gasteiger partial charge on any atom is -0.383 e. The van der Waals surface area contributed by atoms with Crippen LogP contribution in [0.2, 0.25) is 0 Å². The van der Waals surface area contributed by atoms with Gasteiger partial charge in [-0.25, -0.2) is 4.98 Å². The molecule has 0 spiro atoms. The van der Waals surface area contributed by atoms with Gasteiger partial charge in [-0.05, 0) is 19.1 Å². The van der Waals surface area contributed by atoms with E-state index in [1.54, 1.807) is 18.4 Å². The van der Waals surface area contributed by atoms with E-state index >= 15 is 0 Å². The molecule has 1 unspecified atom stereocenters. The lowest BCUT2D eigenvalue weighted by Gasteiger charge is -2.10. The highest BCUT2D eigenvalue weighted by atomic mass is 32.1. The number of methoxy groups -OCH3 is 1. The second-order valence-electron chi connectivity index (χ2n) is 3.49. The molecule has 3 nitrogen and oxygen atoms in total. The molecule has 2 rings (SSSR count). The molecule has 0 radical (unpaired) electrons. The van der Waals surface area contributed by atoms with E-state index in [1.807, 2.05) is 18.2 Å². The molecular weight excluding hydrogens is 208 g/mol. The minimum atomic E-state index is 0.288. The molecule has 80 valence electrons. The number of hydrogen-bond donors (Lipinski definition) is 1. The third-order valence-corrected chi connectivity index (χ3v) is 3.05. The molecule has 1 N–H and O–H groups in total. The molecule has 1 atom stereocenters. The number of hydrogen-bond acceptors (Lipinski definition) is 4. The molecule has 1 heterocycles. The second kappa shape index (κ2) is 4.59. The lowest BCUT2D eigenvalue weighted by atomic mass is 10.3. The van der Waals surface area contributed by atoms with Crippen LogP contribution in [-0.4, -0.2) is 24.7 Å². The van der Waals surface area contributed by atoms with E-state index in [0.29, 0.717) is 6.61 Å². The number of ether oxygens (including phenoxy) is 1. The van der Waals surface area contributed by atoms with E-state index in [1.165, 1.54) is 4.70 Å². The Kier molecular flexibility index (Phi) is 3.18. The van der Waals surface area contributed by atoms with Crippen molar-refractivity contribution in [1.82, 2.24) is 4.98 Å². The van der Waals surface area contributed by atoms with Crippen molar-refractivity contribution in [3.8, 4) is 0 Å². The van der Waals surface area contributed by atoms with Crippen molar-refractivity contribution < 1.29 is 4.74 Å². The Morgan fingerprint density at radius 2 is 2.27 bits per heavy atom. The molecule has 0 bridgehead atoms. The number of nitrogens with zero attached hydrogens (tertiary/aromatic N) is 1. The summed E-state index contributed by atoms with van der Waals surface area (Å²) in [6.07, 6.45) is 0. The summed E-state index contributed by atoms with van der Waals surface area (Å²) in [6, 6.07) is 8.43. The van der Waals surface area contributed by atoms with Crippen molar-refractivity contribution in [2.45, 2.75) is 13.0 Å². The molecular formula is C11H14N2OS. The van der Waals surface area contributed by atoms with E-state index in [2.05, 4.69) is 23.3 Å². The molecule has 2 aromatic rings. The maximum atomic E-state index is 5.06. The van der Waals surface area contributed by atoms with Crippen LogP contribution in [0.5, 0.6) is 0 Å². The molecule has 0 saturated carbocycles. The van der Waals surface area contributed by atoms with Crippen molar-refractivity contribution >= 4 is 26.7 Å². The lowest BCUT2D eigenvalue weighted by molar-refractivity contribution is 0.190. The van der Waals surface area contributed by atoms with Gasteiger partial charge in [0.25, 0.3) is 0 Å². The van der Waals surface area contributed by atoms with E-state index in [-0.39, 0.29) is 6.04 Å². The maximum absolute atomic E-state index is 5.06. The summed E-state index contributed by atoms with van der Waals surface area (Å²) >= 11 is 1.67. The lowest BCUT2D eigenvalue weighted by Crippen LogP contribution is -2.20. The molecule has 0 aliphatic carbocycles. The Morgan fingerprint density at radius 1 is 1.47 bits per heavy atom. The zero-order valence-corrected chi connectivity index (χ0v) is 9.67. The zero-order chi connectivity index (χ0) is 10.7. The average molecular weight is 222 g/mol. The molecule has 0 aliphatic rings. The summed E-state index contributed by atoms with van der Waals surface area (Å²) < 4.78 is 6.28. The molecule has 4 heteroatoms. The predicted octanol–water partition coefficient (Wildman–Crippen LogP) is 2.74. The van der Waals surface area contributed by atoms with E-state index in [4.69, 9.17) is 4.74 Å². The summed E-state index contributed by atoms with van der Waals surface area (Å²) in [5.74, 6) is 0. The standard InChI is InChI=1S/C11H14N2OS/c1-8(7-14-2)12-11-13-9-5-3-4-6-10(9)15-11/h3-6,8H,7H2,1-2H3,(H,12,13). The van der Waals surface area contributed by atoms with E-state index < -0.39 is 0 Å². The molecule has 0 aliphatic heterocycles. The van der Waals surface area contributed by atoms with Crippen molar-refractivity contribution in [2.75, 3.05) is 19.0 Å². The van der Waals surface area contributed by atoms with Crippen LogP contribution >= 0.6 is 11.3 Å². The topological polar surface area (TPSA) is 34.1 Å². The van der Waals surface area contributed by atoms with Crippen LogP contribution < -0.4 is 5.32 Å². The quantitative estimate of drug-likeness (QED) is 0.863. The summed E-state index contributed by atoms with van der Waals surface area (Å²) in [5.41, 5.74) is 1.05. The first kappa shape index (κ1) is 10.4. The van der Waals surface area contributed by atoms with Gasteiger partial charge in [0.15, 0.2) is 5.13 Å². The van der Waals surface area contributed by atoms with Gasteiger partial charge in [0.1, 0.15) is 0 Å². The Balaban J connectivity index is 2.15. The Hall–Kier alpha value is -1.13. The number of para-hydroxylation sites is 1. The zero-order valence-electron chi connectivity index (χ0n) is 8.86. The van der Waals surface area contributed by atoms with Crippen molar-refractivity contribution in [3.05, 3.63) is 24.3 Å². The average Bonchev–Trinajstić information content (AvgIpc) is 2.59. The largest absolute Gasteiger partial charge is 0.383 e. The van der Waals surface area contributed by atoms with Gasteiger partial charge in [-0.3, -0.25) is 0 Å². The Bertz CT molecular complexity index is 408. The van der Waals surface area contributed by atoms with Gasteiger partial charge in [0.2, 0.25) is 0 Å². The molecule has 1 aromatic carbocycles. The minimum absolute atomic E-state index is 0.288. The molecule has 0 fully saturated rings. The van der Waals surface area contributed by atoms with E-state index in [9.17, 15) is 0 Å². The number of aromatic nitrogens is 1. The first-order valence-corrected chi connectivity index (χ1v) is 5.72. The fourth-order valence-corrected chi connectivity index (χ4v) is 2.41. The highest BCUT2D eigenvalue weighted by Crippen LogP contribution is 2.25. The number of benzene rings is 1. The fraction of sp³-hybridized carbons (Fsp3) is 0.364. The Labute approximate surface area is 93.1 Å². The van der Waals surface area contributed by atoms with Crippen molar-refractivity contribution in [3.63, 3.8) is 0 Å². The van der Waals surface area contributed by atoms with Gasteiger partial charge >= 0.3 is 0 Å². The number of thiazole rings is 1. The maximum Gasteiger partial charge on any atom is 0.184 e. The smallest absolute Gasteiger partial charge is 0.184 e. The second-order valence-corrected chi connectivity index (χ2v) is 4.52. The van der Waals surface area contributed by atoms with Crippen LogP contribution in [0.3, 0.4) is 0 Å². The SMILES string of the molecule is COCC(C)Nc1nc2ccccc2s1. The van der Waals surface area contributed by atoms with Gasteiger partial charge in [-0.2, -0.15) is 0 Å². The molecule has 0 saturated heterocycles. The predicted molar refractivity (Wildman–Crippen MR) is 64.6 cm³/mol. The van der Waals surface area contributed by atoms with Crippen LogP contribution in [0.4, 0.5) is 5.13 Å². The van der Waals surface area contributed by atoms with Gasteiger partial charge in [0, 0.05) is 13.2 Å². The molecule has 15 heavy (non-hydrogen) atoms. The molecule has 0 amide bonds. The van der Waals surface area contributed by atoms with Crippen LogP contribution in [-0.2, 0) is 4.74 Å². The number of fused-ring (bicyclic) bond motifs is 1. The highest BCUT2D eigenvalue weighted by Gasteiger charge is 2.05. The third-order valence-electron chi connectivity index (χ3n) is 2.08. The van der Waals surface area contributed by atoms with Crippen LogP contribution in [0.1, 0.15) is 6.92 Å². The van der Waals surface area contributed by atoms with Gasteiger partial charge in [-0.15, -0.1) is 0 Å². The van der Waals surface area contributed by atoms with Crippen LogP contribution in [0.25, 0.3) is 10.2 Å². The monoisotopic (exact) mass is 222 g/mol. The molecule has 1 aromatic heterocycles. The van der Waals surface area contributed by atoms with Crippen molar-refractivity contribution in [2.24, 2.45) is 0 Å².